The third-order valence-electron chi connectivity index (χ3n) is 2.98. The fraction of sp³-hybridized carbons (Fsp3) is 0.667. The molecule has 0 saturated heterocycles. The molecule has 1 atom stereocenters. The minimum absolute atomic E-state index is 0.268. The van der Waals surface area contributed by atoms with Gasteiger partial charge in [0.15, 0.2) is 0 Å². The van der Waals surface area contributed by atoms with Gasteiger partial charge >= 0.3 is 0 Å². The van der Waals surface area contributed by atoms with Crippen molar-refractivity contribution < 1.29 is 0 Å². The third-order valence-corrected chi connectivity index (χ3v) is 4.28. The van der Waals surface area contributed by atoms with Crippen molar-refractivity contribution in [3.63, 3.8) is 0 Å². The zero-order valence-corrected chi connectivity index (χ0v) is 11.5. The standard InChI is InChI=1S/C12H20ClNS/c1-5-12(3,4)11(14-6-2)9-7-8-10(13)15-9/h7-8,11,14H,5-6H2,1-4H3. The molecule has 15 heavy (non-hydrogen) atoms. The lowest BCUT2D eigenvalue weighted by Gasteiger charge is -2.33. The van der Waals surface area contributed by atoms with E-state index >= 15 is 0 Å². The predicted molar refractivity (Wildman–Crippen MR) is 69.8 cm³/mol. The Morgan fingerprint density at radius 2 is 2.07 bits per heavy atom. The quantitative estimate of drug-likeness (QED) is 0.806. The summed E-state index contributed by atoms with van der Waals surface area (Å²) in [6.07, 6.45) is 1.15. The van der Waals surface area contributed by atoms with Crippen molar-refractivity contribution in [2.45, 2.75) is 40.2 Å². The summed E-state index contributed by atoms with van der Waals surface area (Å²) in [6, 6.07) is 4.53. The maximum atomic E-state index is 5.99. The van der Waals surface area contributed by atoms with Crippen LogP contribution < -0.4 is 5.32 Å². The molecular formula is C12H20ClNS. The number of nitrogens with one attached hydrogen (secondary N) is 1. The van der Waals surface area contributed by atoms with Crippen LogP contribution in [0, 0.1) is 5.41 Å². The molecule has 1 heterocycles. The molecule has 0 radical (unpaired) electrons. The average molecular weight is 246 g/mol. The predicted octanol–water partition coefficient (Wildman–Crippen LogP) is 4.49. The van der Waals surface area contributed by atoms with Crippen molar-refractivity contribution in [1.29, 1.82) is 0 Å². The highest BCUT2D eigenvalue weighted by Crippen LogP contribution is 2.39. The molecule has 86 valence electrons. The molecule has 1 aromatic rings. The Kier molecular flexibility index (Phi) is 4.63. The van der Waals surface area contributed by atoms with E-state index in [2.05, 4.69) is 39.1 Å². The van der Waals surface area contributed by atoms with E-state index in [-0.39, 0.29) is 5.41 Å². The van der Waals surface area contributed by atoms with Crippen LogP contribution >= 0.6 is 22.9 Å². The van der Waals surface area contributed by atoms with E-state index in [0.717, 1.165) is 17.3 Å². The zero-order chi connectivity index (χ0) is 11.5. The monoisotopic (exact) mass is 245 g/mol. The first-order valence-electron chi connectivity index (χ1n) is 5.50. The van der Waals surface area contributed by atoms with Crippen LogP contribution in [0.4, 0.5) is 0 Å². The molecule has 0 fully saturated rings. The summed E-state index contributed by atoms with van der Waals surface area (Å²) >= 11 is 7.67. The number of rotatable bonds is 5. The molecule has 1 unspecified atom stereocenters. The largest absolute Gasteiger partial charge is 0.309 e. The van der Waals surface area contributed by atoms with Gasteiger partial charge in [-0.25, -0.2) is 0 Å². The first-order chi connectivity index (χ1) is 7.01. The van der Waals surface area contributed by atoms with Gasteiger partial charge in [0.05, 0.1) is 4.34 Å². The summed E-state index contributed by atoms with van der Waals surface area (Å²) in [5.41, 5.74) is 0.268. The first kappa shape index (κ1) is 13.0. The van der Waals surface area contributed by atoms with Crippen LogP contribution in [0.1, 0.15) is 45.0 Å². The Labute approximate surface area is 102 Å². The molecule has 0 bridgehead atoms. The molecule has 0 amide bonds. The summed E-state index contributed by atoms with van der Waals surface area (Å²) in [4.78, 5) is 1.34. The second kappa shape index (κ2) is 5.33. The fourth-order valence-electron chi connectivity index (χ4n) is 1.65. The second-order valence-corrected chi connectivity index (χ2v) is 6.22. The van der Waals surface area contributed by atoms with Crippen LogP contribution in [-0.4, -0.2) is 6.54 Å². The first-order valence-corrected chi connectivity index (χ1v) is 6.69. The minimum Gasteiger partial charge on any atom is -0.309 e. The molecule has 1 rings (SSSR count). The van der Waals surface area contributed by atoms with Crippen LogP contribution in [0.3, 0.4) is 0 Å². The molecule has 0 aliphatic rings. The van der Waals surface area contributed by atoms with E-state index < -0.39 is 0 Å². The molecule has 0 aliphatic heterocycles. The number of halogens is 1. The molecule has 0 spiro atoms. The van der Waals surface area contributed by atoms with Crippen LogP contribution in [0.25, 0.3) is 0 Å². The van der Waals surface area contributed by atoms with Crippen molar-refractivity contribution >= 4 is 22.9 Å². The van der Waals surface area contributed by atoms with Crippen molar-refractivity contribution in [1.82, 2.24) is 5.32 Å². The van der Waals surface area contributed by atoms with Crippen LogP contribution in [0.5, 0.6) is 0 Å². The molecular weight excluding hydrogens is 226 g/mol. The van der Waals surface area contributed by atoms with Gasteiger partial charge in [0.1, 0.15) is 0 Å². The highest BCUT2D eigenvalue weighted by Gasteiger charge is 2.29. The van der Waals surface area contributed by atoms with Gasteiger partial charge in [0, 0.05) is 10.9 Å². The van der Waals surface area contributed by atoms with E-state index in [0.29, 0.717) is 6.04 Å². The van der Waals surface area contributed by atoms with E-state index in [1.54, 1.807) is 11.3 Å². The highest BCUT2D eigenvalue weighted by molar-refractivity contribution is 7.16. The summed E-state index contributed by atoms with van der Waals surface area (Å²) < 4.78 is 0.875. The Hall–Kier alpha value is -0.0500. The minimum atomic E-state index is 0.268. The van der Waals surface area contributed by atoms with Crippen molar-refractivity contribution in [3.8, 4) is 0 Å². The topological polar surface area (TPSA) is 12.0 Å². The number of hydrogen-bond donors (Lipinski definition) is 1. The van der Waals surface area contributed by atoms with Gasteiger partial charge in [0.2, 0.25) is 0 Å². The van der Waals surface area contributed by atoms with Gasteiger partial charge in [-0.15, -0.1) is 11.3 Å². The van der Waals surface area contributed by atoms with Gasteiger partial charge in [-0.1, -0.05) is 39.3 Å². The Morgan fingerprint density at radius 3 is 2.47 bits per heavy atom. The van der Waals surface area contributed by atoms with E-state index in [4.69, 9.17) is 11.6 Å². The van der Waals surface area contributed by atoms with Crippen LogP contribution in [-0.2, 0) is 0 Å². The Balaban J connectivity index is 2.92. The van der Waals surface area contributed by atoms with Crippen molar-refractivity contribution in [2.75, 3.05) is 6.54 Å². The SMILES string of the molecule is CCNC(c1ccc(Cl)s1)C(C)(C)CC. The normalized spacial score (nSPS) is 14.2. The smallest absolute Gasteiger partial charge is 0.0931 e. The van der Waals surface area contributed by atoms with Gasteiger partial charge < -0.3 is 5.32 Å². The number of thiophene rings is 1. The van der Waals surface area contributed by atoms with Crippen LogP contribution in [0.2, 0.25) is 4.34 Å². The van der Waals surface area contributed by atoms with Crippen molar-refractivity contribution in [3.05, 3.63) is 21.3 Å². The van der Waals surface area contributed by atoms with E-state index in [9.17, 15) is 0 Å². The number of hydrogen-bond acceptors (Lipinski definition) is 2. The average Bonchev–Trinajstić information content (AvgIpc) is 2.60. The summed E-state index contributed by atoms with van der Waals surface area (Å²) in [5.74, 6) is 0. The summed E-state index contributed by atoms with van der Waals surface area (Å²) in [6.45, 7) is 9.97. The molecule has 0 saturated carbocycles. The zero-order valence-electron chi connectivity index (χ0n) is 9.93. The lowest BCUT2D eigenvalue weighted by Crippen LogP contribution is -2.33. The molecule has 1 aromatic heterocycles. The third kappa shape index (κ3) is 3.20. The van der Waals surface area contributed by atoms with E-state index in [1.807, 2.05) is 6.07 Å². The second-order valence-electron chi connectivity index (χ2n) is 4.47. The molecule has 0 aromatic carbocycles. The summed E-state index contributed by atoms with van der Waals surface area (Å²) in [7, 11) is 0. The fourth-order valence-corrected chi connectivity index (χ4v) is 3.00. The van der Waals surface area contributed by atoms with E-state index in [1.165, 1.54) is 4.88 Å². The van der Waals surface area contributed by atoms with Crippen LogP contribution in [0.15, 0.2) is 12.1 Å². The lowest BCUT2D eigenvalue weighted by molar-refractivity contribution is 0.240. The van der Waals surface area contributed by atoms with Crippen molar-refractivity contribution in [2.24, 2.45) is 5.41 Å². The molecule has 1 N–H and O–H groups in total. The Morgan fingerprint density at radius 1 is 1.40 bits per heavy atom. The Bertz CT molecular complexity index is 306. The van der Waals surface area contributed by atoms with Gasteiger partial charge in [0.25, 0.3) is 0 Å². The molecule has 0 aliphatic carbocycles. The van der Waals surface area contributed by atoms with Gasteiger partial charge in [-0.3, -0.25) is 0 Å². The lowest BCUT2D eigenvalue weighted by atomic mass is 9.81. The molecule has 3 heteroatoms. The highest BCUT2D eigenvalue weighted by atomic mass is 35.5. The van der Waals surface area contributed by atoms with Gasteiger partial charge in [-0.05, 0) is 30.5 Å². The maximum Gasteiger partial charge on any atom is 0.0931 e. The van der Waals surface area contributed by atoms with Gasteiger partial charge in [-0.2, -0.15) is 0 Å². The maximum absolute atomic E-state index is 5.99. The molecule has 1 nitrogen and oxygen atoms in total. The summed E-state index contributed by atoms with van der Waals surface area (Å²) in [5, 5.41) is 3.56.